The highest BCUT2D eigenvalue weighted by atomic mass is 127. The number of nitrogens with one attached hydrogen (secondary N) is 1. The van der Waals surface area contributed by atoms with Crippen LogP contribution in [0.5, 0.6) is 0 Å². The van der Waals surface area contributed by atoms with Crippen LogP contribution in [0.2, 0.25) is 0 Å². The van der Waals surface area contributed by atoms with Crippen LogP contribution in [0.15, 0.2) is 0 Å². The van der Waals surface area contributed by atoms with E-state index in [-0.39, 0.29) is 0 Å². The van der Waals surface area contributed by atoms with E-state index in [1.54, 1.807) is 0 Å². The highest BCUT2D eigenvalue weighted by Crippen LogP contribution is 2.23. The number of nitrogens with zero attached hydrogens (tertiary/aromatic N) is 3. The van der Waals surface area contributed by atoms with Gasteiger partial charge in [-0.25, -0.2) is 4.98 Å². The molecule has 0 aromatic carbocycles. The second-order valence-corrected chi connectivity index (χ2v) is 5.78. The fourth-order valence-corrected chi connectivity index (χ4v) is 2.67. The smallest absolute Gasteiger partial charge is 0.227 e. The Kier molecular flexibility index (Phi) is 5.03. The lowest BCUT2D eigenvalue weighted by molar-refractivity contribution is 0.726. The summed E-state index contributed by atoms with van der Waals surface area (Å²) in [5.41, 5.74) is 1.07. The fraction of sp³-hybridized carbons (Fsp3) is 0.692. The third-order valence-electron chi connectivity index (χ3n) is 3.24. The van der Waals surface area contributed by atoms with Gasteiger partial charge in [-0.1, -0.05) is 12.8 Å². The van der Waals surface area contributed by atoms with E-state index in [1.807, 2.05) is 0 Å². The summed E-state index contributed by atoms with van der Waals surface area (Å²) in [6.45, 7) is 7.23. The number of aryl methyl sites for hydroxylation is 1. The van der Waals surface area contributed by atoms with Crippen LogP contribution in [0, 0.1) is 10.5 Å². The van der Waals surface area contributed by atoms with Gasteiger partial charge in [0.25, 0.3) is 0 Å². The minimum absolute atomic E-state index is 0.894. The van der Waals surface area contributed by atoms with Crippen LogP contribution < -0.4 is 10.2 Å². The van der Waals surface area contributed by atoms with E-state index in [0.717, 1.165) is 40.7 Å². The van der Waals surface area contributed by atoms with Gasteiger partial charge < -0.3 is 10.2 Å². The van der Waals surface area contributed by atoms with E-state index in [4.69, 9.17) is 0 Å². The number of hydrogen-bond donors (Lipinski definition) is 1. The molecule has 0 saturated carbocycles. The first kappa shape index (κ1) is 13.8. The van der Waals surface area contributed by atoms with Gasteiger partial charge >= 0.3 is 0 Å². The van der Waals surface area contributed by atoms with Crippen LogP contribution in [-0.2, 0) is 0 Å². The molecule has 5 heteroatoms. The summed E-state index contributed by atoms with van der Waals surface area (Å²) < 4.78 is 1.13. The first-order valence-electron chi connectivity index (χ1n) is 6.75. The minimum Gasteiger partial charge on any atom is -0.369 e. The lowest BCUT2D eigenvalue weighted by Gasteiger charge is -2.21. The zero-order valence-corrected chi connectivity index (χ0v) is 13.3. The Hall–Kier alpha value is -0.590. The molecule has 1 aromatic heterocycles. The normalized spacial score (nSPS) is 16.5. The molecule has 0 unspecified atom stereocenters. The summed E-state index contributed by atoms with van der Waals surface area (Å²) in [6.07, 6.45) is 5.18. The fourth-order valence-electron chi connectivity index (χ4n) is 2.24. The van der Waals surface area contributed by atoms with Crippen molar-refractivity contribution in [2.24, 2.45) is 0 Å². The van der Waals surface area contributed by atoms with Crippen molar-refractivity contribution in [1.29, 1.82) is 0 Å². The highest BCUT2D eigenvalue weighted by Gasteiger charge is 2.15. The summed E-state index contributed by atoms with van der Waals surface area (Å²) in [5.74, 6) is 1.87. The van der Waals surface area contributed by atoms with Gasteiger partial charge in [0.05, 0.1) is 9.26 Å². The van der Waals surface area contributed by atoms with Gasteiger partial charge in [-0.05, 0) is 49.3 Å². The minimum atomic E-state index is 0.894. The number of hydrogen-bond acceptors (Lipinski definition) is 4. The molecule has 1 saturated heterocycles. The van der Waals surface area contributed by atoms with Crippen LogP contribution in [0.1, 0.15) is 38.3 Å². The summed E-state index contributed by atoms with van der Waals surface area (Å²) in [4.78, 5) is 11.7. The van der Waals surface area contributed by atoms with Crippen molar-refractivity contribution in [2.45, 2.75) is 39.5 Å². The molecule has 1 aliphatic heterocycles. The SMILES string of the molecule is CCNc1nc(N2CCCCCC2)nc(C)c1I. The number of halogens is 1. The average Bonchev–Trinajstić information content (AvgIpc) is 2.63. The van der Waals surface area contributed by atoms with Crippen molar-refractivity contribution < 1.29 is 0 Å². The third kappa shape index (κ3) is 3.24. The summed E-state index contributed by atoms with van der Waals surface area (Å²) in [6, 6.07) is 0. The topological polar surface area (TPSA) is 41.1 Å². The van der Waals surface area contributed by atoms with Gasteiger partial charge in [-0.15, -0.1) is 0 Å². The number of aromatic nitrogens is 2. The molecule has 0 atom stereocenters. The van der Waals surface area contributed by atoms with E-state index in [9.17, 15) is 0 Å². The van der Waals surface area contributed by atoms with Gasteiger partial charge in [-0.3, -0.25) is 0 Å². The molecule has 1 fully saturated rings. The first-order chi connectivity index (χ1) is 8.72. The molecule has 0 spiro atoms. The maximum Gasteiger partial charge on any atom is 0.227 e. The maximum atomic E-state index is 4.68. The first-order valence-corrected chi connectivity index (χ1v) is 7.83. The lowest BCUT2D eigenvalue weighted by Crippen LogP contribution is -2.27. The van der Waals surface area contributed by atoms with Crippen LogP contribution in [0.3, 0.4) is 0 Å². The monoisotopic (exact) mass is 360 g/mol. The molecule has 2 heterocycles. The third-order valence-corrected chi connectivity index (χ3v) is 4.53. The molecule has 1 aromatic rings. The molecule has 18 heavy (non-hydrogen) atoms. The molecular formula is C13H21IN4. The quantitative estimate of drug-likeness (QED) is 0.841. The number of rotatable bonds is 3. The van der Waals surface area contributed by atoms with Gasteiger partial charge in [0.2, 0.25) is 5.95 Å². The zero-order chi connectivity index (χ0) is 13.0. The van der Waals surface area contributed by atoms with Crippen LogP contribution >= 0.6 is 22.6 Å². The summed E-state index contributed by atoms with van der Waals surface area (Å²) in [5, 5.41) is 3.33. The maximum absolute atomic E-state index is 4.68. The van der Waals surface area contributed by atoms with Crippen molar-refractivity contribution in [3.05, 3.63) is 9.26 Å². The zero-order valence-electron chi connectivity index (χ0n) is 11.2. The van der Waals surface area contributed by atoms with Gasteiger partial charge in [0.1, 0.15) is 5.82 Å². The van der Waals surface area contributed by atoms with Crippen LogP contribution in [0.4, 0.5) is 11.8 Å². The largest absolute Gasteiger partial charge is 0.369 e. The Balaban J connectivity index is 2.26. The Morgan fingerprint density at radius 1 is 1.17 bits per heavy atom. The van der Waals surface area contributed by atoms with Gasteiger partial charge in [0, 0.05) is 19.6 Å². The lowest BCUT2D eigenvalue weighted by atomic mass is 10.2. The molecule has 0 amide bonds. The second-order valence-electron chi connectivity index (χ2n) is 4.70. The van der Waals surface area contributed by atoms with Crippen molar-refractivity contribution in [2.75, 3.05) is 29.9 Å². The standard InChI is InChI=1S/C13H21IN4/c1-3-15-12-11(14)10(2)16-13(17-12)18-8-6-4-5-7-9-18/h3-9H2,1-2H3,(H,15,16,17). The molecule has 1 aliphatic rings. The van der Waals surface area contributed by atoms with Crippen molar-refractivity contribution >= 4 is 34.4 Å². The highest BCUT2D eigenvalue weighted by molar-refractivity contribution is 14.1. The summed E-state index contributed by atoms with van der Waals surface area (Å²) >= 11 is 2.32. The molecule has 0 bridgehead atoms. The van der Waals surface area contributed by atoms with E-state index >= 15 is 0 Å². The molecule has 1 N–H and O–H groups in total. The predicted molar refractivity (Wildman–Crippen MR) is 84.3 cm³/mol. The molecule has 4 nitrogen and oxygen atoms in total. The Morgan fingerprint density at radius 3 is 2.44 bits per heavy atom. The van der Waals surface area contributed by atoms with Crippen LogP contribution in [0.25, 0.3) is 0 Å². The van der Waals surface area contributed by atoms with Crippen molar-refractivity contribution in [3.8, 4) is 0 Å². The Morgan fingerprint density at radius 2 is 1.83 bits per heavy atom. The van der Waals surface area contributed by atoms with Crippen molar-refractivity contribution in [1.82, 2.24) is 9.97 Å². The molecular weight excluding hydrogens is 339 g/mol. The van der Waals surface area contributed by atoms with Crippen molar-refractivity contribution in [3.63, 3.8) is 0 Å². The van der Waals surface area contributed by atoms with Crippen LogP contribution in [-0.4, -0.2) is 29.6 Å². The molecule has 0 aliphatic carbocycles. The Labute approximate surface area is 123 Å². The van der Waals surface area contributed by atoms with E-state index < -0.39 is 0 Å². The molecule has 2 rings (SSSR count). The van der Waals surface area contributed by atoms with Gasteiger partial charge in [0.15, 0.2) is 0 Å². The van der Waals surface area contributed by atoms with E-state index in [0.29, 0.717) is 0 Å². The second kappa shape index (κ2) is 6.54. The predicted octanol–water partition coefficient (Wildman–Crippen LogP) is 3.20. The molecule has 0 radical (unpaired) electrons. The number of anilines is 2. The molecule has 100 valence electrons. The average molecular weight is 360 g/mol. The van der Waals surface area contributed by atoms with Gasteiger partial charge in [-0.2, -0.15) is 4.98 Å². The Bertz CT molecular complexity index is 400. The summed E-state index contributed by atoms with van der Waals surface area (Å²) in [7, 11) is 0. The van der Waals surface area contributed by atoms with E-state index in [1.165, 1.54) is 25.7 Å². The van der Waals surface area contributed by atoms with E-state index in [2.05, 4.69) is 56.6 Å².